The number of nitrogens with one attached hydrogen (secondary N) is 1. The molecule has 0 aliphatic carbocycles. The van der Waals surface area contributed by atoms with Crippen LogP contribution in [0.25, 0.3) is 0 Å². The summed E-state index contributed by atoms with van der Waals surface area (Å²) in [5, 5.41) is 4.63. The highest BCUT2D eigenvalue weighted by Crippen LogP contribution is 2.22. The van der Waals surface area contributed by atoms with Crippen LogP contribution in [0.3, 0.4) is 0 Å². The van der Waals surface area contributed by atoms with Crippen LogP contribution < -0.4 is 11.1 Å². The van der Waals surface area contributed by atoms with Crippen LogP contribution in [-0.4, -0.2) is 4.99 Å². The molecule has 6 heteroatoms. The predicted octanol–water partition coefficient (Wildman–Crippen LogP) is 3.27. The number of hydrogen-bond donors (Lipinski definition) is 2. The van der Waals surface area contributed by atoms with Gasteiger partial charge in [-0.2, -0.15) is 0 Å². The molecule has 0 fully saturated rings. The van der Waals surface area contributed by atoms with Crippen molar-refractivity contribution in [2.24, 2.45) is 5.73 Å². The lowest BCUT2D eigenvalue weighted by Gasteiger charge is -2.09. The van der Waals surface area contributed by atoms with Gasteiger partial charge in [-0.1, -0.05) is 18.3 Å². The highest BCUT2D eigenvalue weighted by molar-refractivity contribution is 7.80. The first kappa shape index (κ1) is 12.9. The van der Waals surface area contributed by atoms with Crippen molar-refractivity contribution in [2.75, 3.05) is 5.32 Å². The minimum atomic E-state index is -0.700. The van der Waals surface area contributed by atoms with Crippen LogP contribution in [0.15, 0.2) is 29.6 Å². The summed E-state index contributed by atoms with van der Waals surface area (Å²) in [6.07, 6.45) is 0. The Kier molecular flexibility index (Phi) is 3.88. The summed E-state index contributed by atoms with van der Waals surface area (Å²) in [4.78, 5) is 0.963. The Labute approximate surface area is 112 Å². The van der Waals surface area contributed by atoms with Gasteiger partial charge in [-0.3, -0.25) is 0 Å². The quantitative estimate of drug-likeness (QED) is 0.846. The van der Waals surface area contributed by atoms with E-state index in [1.165, 1.54) is 11.3 Å². The minimum absolute atomic E-state index is 0.0300. The molecule has 1 heterocycles. The summed E-state index contributed by atoms with van der Waals surface area (Å²) >= 11 is 6.19. The minimum Gasteiger partial charge on any atom is -0.389 e. The van der Waals surface area contributed by atoms with E-state index in [1.807, 2.05) is 17.5 Å². The molecule has 2 nitrogen and oxygen atoms in total. The Morgan fingerprint density at radius 3 is 2.50 bits per heavy atom. The summed E-state index contributed by atoms with van der Waals surface area (Å²) in [7, 11) is 0. The zero-order valence-corrected chi connectivity index (χ0v) is 10.9. The van der Waals surface area contributed by atoms with Gasteiger partial charge in [-0.15, -0.1) is 11.3 Å². The number of nitrogens with two attached hydrogens (primary N) is 1. The molecule has 94 valence electrons. The van der Waals surface area contributed by atoms with Crippen molar-refractivity contribution in [1.82, 2.24) is 0 Å². The second-order valence-electron chi connectivity index (χ2n) is 3.61. The highest BCUT2D eigenvalue weighted by Gasteiger charge is 2.12. The largest absolute Gasteiger partial charge is 0.389 e. The van der Waals surface area contributed by atoms with E-state index in [2.05, 4.69) is 17.5 Å². The van der Waals surface area contributed by atoms with Crippen LogP contribution in [0, 0.1) is 11.6 Å². The van der Waals surface area contributed by atoms with E-state index in [4.69, 9.17) is 5.73 Å². The maximum Gasteiger partial charge on any atom is 0.150 e. The summed E-state index contributed by atoms with van der Waals surface area (Å²) < 4.78 is 27.4. The van der Waals surface area contributed by atoms with E-state index in [-0.39, 0.29) is 16.2 Å². The number of benzene rings is 1. The smallest absolute Gasteiger partial charge is 0.150 e. The van der Waals surface area contributed by atoms with E-state index in [9.17, 15) is 8.78 Å². The number of halogens is 2. The maximum atomic E-state index is 13.7. The Balaban J connectivity index is 2.20. The van der Waals surface area contributed by atoms with Gasteiger partial charge in [0.15, 0.2) is 0 Å². The van der Waals surface area contributed by atoms with Gasteiger partial charge in [0, 0.05) is 17.0 Å². The molecule has 1 aromatic carbocycles. The van der Waals surface area contributed by atoms with Gasteiger partial charge in [0.1, 0.15) is 22.3 Å². The molecular weight excluding hydrogens is 274 g/mol. The van der Waals surface area contributed by atoms with E-state index in [0.717, 1.165) is 17.0 Å². The summed E-state index contributed by atoms with van der Waals surface area (Å²) in [5.41, 5.74) is 5.35. The van der Waals surface area contributed by atoms with Crippen LogP contribution in [0.1, 0.15) is 10.4 Å². The first-order valence-corrected chi connectivity index (χ1v) is 6.42. The molecule has 0 aliphatic heterocycles. The molecule has 0 radical (unpaired) electrons. The maximum absolute atomic E-state index is 13.7. The summed E-state index contributed by atoms with van der Waals surface area (Å²) in [6, 6.07) is 6.02. The lowest BCUT2D eigenvalue weighted by Crippen LogP contribution is -2.12. The molecular formula is C12H10F2N2S2. The molecule has 1 aromatic heterocycles. The van der Waals surface area contributed by atoms with Crippen LogP contribution in [0.5, 0.6) is 0 Å². The molecule has 18 heavy (non-hydrogen) atoms. The molecule has 0 saturated carbocycles. The number of thiophene rings is 1. The zero-order valence-electron chi connectivity index (χ0n) is 9.24. The van der Waals surface area contributed by atoms with E-state index in [0.29, 0.717) is 6.54 Å². The fourth-order valence-electron chi connectivity index (χ4n) is 1.47. The first-order valence-electron chi connectivity index (χ1n) is 5.13. The molecule has 2 rings (SSSR count). The second-order valence-corrected chi connectivity index (χ2v) is 5.08. The molecule has 0 amide bonds. The molecule has 0 spiro atoms. The Morgan fingerprint density at radius 1 is 1.33 bits per heavy atom. The fourth-order valence-corrected chi connectivity index (χ4v) is 2.24. The molecule has 0 bridgehead atoms. The van der Waals surface area contributed by atoms with E-state index < -0.39 is 11.6 Å². The molecule has 0 aliphatic rings. The third-order valence-electron chi connectivity index (χ3n) is 2.35. The van der Waals surface area contributed by atoms with E-state index in [1.54, 1.807) is 0 Å². The van der Waals surface area contributed by atoms with Crippen molar-refractivity contribution in [1.29, 1.82) is 0 Å². The van der Waals surface area contributed by atoms with Crippen LogP contribution in [0.2, 0.25) is 0 Å². The highest BCUT2D eigenvalue weighted by atomic mass is 32.1. The SMILES string of the molecule is NC(=S)c1cc(F)c(NCc2cccs2)c(F)c1. The van der Waals surface area contributed by atoms with Gasteiger partial charge in [-0.05, 0) is 23.6 Å². The fraction of sp³-hybridized carbons (Fsp3) is 0.0833. The van der Waals surface area contributed by atoms with Crippen LogP contribution >= 0.6 is 23.6 Å². The van der Waals surface area contributed by atoms with Crippen LogP contribution in [-0.2, 0) is 6.54 Å². The van der Waals surface area contributed by atoms with Gasteiger partial charge in [0.2, 0.25) is 0 Å². The molecule has 0 unspecified atom stereocenters. The average molecular weight is 284 g/mol. The monoisotopic (exact) mass is 284 g/mol. The number of hydrogen-bond acceptors (Lipinski definition) is 3. The van der Waals surface area contributed by atoms with Crippen molar-refractivity contribution in [3.05, 3.63) is 51.7 Å². The Morgan fingerprint density at radius 2 is 2.00 bits per heavy atom. The van der Waals surface area contributed by atoms with Gasteiger partial charge < -0.3 is 11.1 Å². The molecule has 3 N–H and O–H groups in total. The van der Waals surface area contributed by atoms with Gasteiger partial charge in [-0.25, -0.2) is 8.78 Å². The van der Waals surface area contributed by atoms with Crippen LogP contribution in [0.4, 0.5) is 14.5 Å². The summed E-state index contributed by atoms with van der Waals surface area (Å²) in [6.45, 7) is 0.373. The standard InChI is InChI=1S/C12H10F2N2S2/c13-9-4-7(12(15)17)5-10(14)11(9)16-6-8-2-1-3-18-8/h1-5,16H,6H2,(H2,15,17). The first-order chi connectivity index (χ1) is 8.58. The van der Waals surface area contributed by atoms with Crippen molar-refractivity contribution in [3.63, 3.8) is 0 Å². The summed E-state index contributed by atoms with van der Waals surface area (Å²) in [5.74, 6) is -1.40. The molecule has 0 saturated heterocycles. The lowest BCUT2D eigenvalue weighted by molar-refractivity contribution is 0.587. The topological polar surface area (TPSA) is 38.0 Å². The predicted molar refractivity (Wildman–Crippen MR) is 73.9 cm³/mol. The van der Waals surface area contributed by atoms with Crippen molar-refractivity contribution in [2.45, 2.75) is 6.54 Å². The normalized spacial score (nSPS) is 10.3. The van der Waals surface area contributed by atoms with Gasteiger partial charge in [0.05, 0.1) is 0 Å². The second kappa shape index (κ2) is 5.41. The molecule has 2 aromatic rings. The Bertz CT molecular complexity index is 544. The van der Waals surface area contributed by atoms with Crippen molar-refractivity contribution >= 4 is 34.2 Å². The molecule has 0 atom stereocenters. The number of anilines is 1. The number of thiocarbonyl (C=S) groups is 1. The lowest BCUT2D eigenvalue weighted by atomic mass is 10.2. The number of rotatable bonds is 4. The van der Waals surface area contributed by atoms with Gasteiger partial charge in [0.25, 0.3) is 0 Å². The van der Waals surface area contributed by atoms with Crippen molar-refractivity contribution in [3.8, 4) is 0 Å². The van der Waals surface area contributed by atoms with E-state index >= 15 is 0 Å². The zero-order chi connectivity index (χ0) is 13.1. The van der Waals surface area contributed by atoms with Gasteiger partial charge >= 0.3 is 0 Å². The third-order valence-corrected chi connectivity index (χ3v) is 3.46. The third kappa shape index (κ3) is 2.83. The Hall–Kier alpha value is -1.53. The average Bonchev–Trinajstić information content (AvgIpc) is 2.80. The van der Waals surface area contributed by atoms with Crippen molar-refractivity contribution < 1.29 is 8.78 Å².